The predicted octanol–water partition coefficient (Wildman–Crippen LogP) is 4.76. The first-order valence-corrected chi connectivity index (χ1v) is 8.57. The molecular weight excluding hydrogens is 299 g/mol. The van der Waals surface area contributed by atoms with Gasteiger partial charge in [-0.3, -0.25) is 0 Å². The van der Waals surface area contributed by atoms with Gasteiger partial charge < -0.3 is 10.2 Å². The number of hydrogen-bond acceptors (Lipinski definition) is 2. The zero-order valence-corrected chi connectivity index (χ0v) is 14.4. The van der Waals surface area contributed by atoms with Gasteiger partial charge in [-0.15, -0.1) is 0 Å². The minimum atomic E-state index is -0.151. The van der Waals surface area contributed by atoms with Crippen molar-refractivity contribution in [2.24, 2.45) is 0 Å². The van der Waals surface area contributed by atoms with Crippen LogP contribution in [0.3, 0.4) is 0 Å². The molecule has 1 aliphatic heterocycles. The van der Waals surface area contributed by atoms with Gasteiger partial charge >= 0.3 is 0 Å². The molecule has 3 heteroatoms. The molecule has 1 heterocycles. The van der Waals surface area contributed by atoms with Crippen molar-refractivity contribution < 1.29 is 7.24 Å². The Morgan fingerprint density at radius 1 is 1.21 bits per heavy atom. The van der Waals surface area contributed by atoms with Crippen molar-refractivity contribution in [1.82, 2.24) is 4.90 Å². The topological polar surface area (TPSA) is 15.3 Å². The second-order valence-corrected chi connectivity index (χ2v) is 7.23. The van der Waals surface area contributed by atoms with Gasteiger partial charge in [-0.25, -0.2) is 4.39 Å². The normalized spacial score (nSPS) is 21.5. The zero-order chi connectivity index (χ0) is 16.8. The maximum Gasteiger partial charge on any atom is 0.123 e. The number of halogens is 1. The summed E-state index contributed by atoms with van der Waals surface area (Å²) < 4.78 is 13.4. The van der Waals surface area contributed by atoms with E-state index in [1.54, 1.807) is 12.1 Å². The van der Waals surface area contributed by atoms with Crippen LogP contribution in [-0.2, 0) is 6.42 Å². The summed E-state index contributed by atoms with van der Waals surface area (Å²) in [5.41, 5.74) is 7.35. The minimum absolute atomic E-state index is 0. The van der Waals surface area contributed by atoms with Crippen LogP contribution in [0.15, 0.2) is 42.5 Å². The van der Waals surface area contributed by atoms with Crippen molar-refractivity contribution in [3.63, 3.8) is 0 Å². The fraction of sp³-hybridized carbons (Fsp3) is 0.333. The summed E-state index contributed by atoms with van der Waals surface area (Å²) in [5, 5.41) is 3.65. The number of anilines is 1. The molecule has 0 aromatic heterocycles. The van der Waals surface area contributed by atoms with Crippen LogP contribution in [0.2, 0.25) is 0 Å². The number of hydrogen-bond donors (Lipinski definition) is 1. The van der Waals surface area contributed by atoms with E-state index >= 15 is 0 Å². The lowest BCUT2D eigenvalue weighted by Crippen LogP contribution is -2.32. The quantitative estimate of drug-likeness (QED) is 0.874. The van der Waals surface area contributed by atoms with Crippen LogP contribution in [0.4, 0.5) is 10.1 Å². The highest BCUT2D eigenvalue weighted by atomic mass is 19.1. The molecule has 24 heavy (non-hydrogen) atoms. The zero-order valence-electron chi connectivity index (χ0n) is 14.4. The average Bonchev–Trinajstić information content (AvgIpc) is 3.08. The van der Waals surface area contributed by atoms with Crippen LogP contribution in [0, 0.1) is 5.82 Å². The Morgan fingerprint density at radius 2 is 2.04 bits per heavy atom. The van der Waals surface area contributed by atoms with Gasteiger partial charge in [0.25, 0.3) is 0 Å². The smallest absolute Gasteiger partial charge is 0.123 e. The molecule has 2 aliphatic rings. The first-order valence-electron chi connectivity index (χ1n) is 8.57. The molecule has 2 unspecified atom stereocenters. The summed E-state index contributed by atoms with van der Waals surface area (Å²) in [7, 11) is 4.23. The monoisotopic (exact) mass is 326 g/mol. The Kier molecular flexibility index (Phi) is 3.69. The summed E-state index contributed by atoms with van der Waals surface area (Å²) in [6.45, 7) is 3.32. The van der Waals surface area contributed by atoms with Crippen LogP contribution in [0.5, 0.6) is 0 Å². The van der Waals surface area contributed by atoms with Crippen LogP contribution in [0.1, 0.15) is 37.9 Å². The lowest BCUT2D eigenvalue weighted by atomic mass is 9.92. The SMILES string of the molecule is CC1c2cc(C3=CCc4cc(F)ccc43)ccc2NC1CN(C)C.[HH].[HH]. The molecule has 0 saturated heterocycles. The van der Waals surface area contributed by atoms with Crippen molar-refractivity contribution in [1.29, 1.82) is 0 Å². The Morgan fingerprint density at radius 3 is 2.83 bits per heavy atom. The van der Waals surface area contributed by atoms with Gasteiger partial charge in [-0.05, 0) is 72.6 Å². The van der Waals surface area contributed by atoms with Crippen molar-refractivity contribution in [3.05, 3.63) is 70.5 Å². The molecule has 2 aromatic carbocycles. The lowest BCUT2D eigenvalue weighted by Gasteiger charge is -2.20. The van der Waals surface area contributed by atoms with Crippen LogP contribution >= 0.6 is 0 Å². The molecule has 2 nitrogen and oxygen atoms in total. The standard InChI is InChI=1S/C21H23FN2.2H2/c1-13-19-11-15(5-9-20(19)23-21(13)12-24(2)3)17-7-4-14-10-16(22)6-8-18(14)17;;/h5-11,13,21,23H,4,12H2,1-3H3;2*1H. The number of fused-ring (bicyclic) bond motifs is 2. The third-order valence-electron chi connectivity index (χ3n) is 5.24. The molecule has 0 saturated carbocycles. The summed E-state index contributed by atoms with van der Waals surface area (Å²) in [6, 6.07) is 12.3. The fourth-order valence-electron chi connectivity index (χ4n) is 3.97. The van der Waals surface area contributed by atoms with E-state index in [0.717, 1.165) is 18.5 Å². The second kappa shape index (κ2) is 5.75. The molecule has 1 N–H and O–H groups in total. The predicted molar refractivity (Wildman–Crippen MR) is 102 cm³/mol. The Balaban J connectivity index is 0.00000121. The molecule has 1 aliphatic carbocycles. The van der Waals surface area contributed by atoms with E-state index in [-0.39, 0.29) is 8.67 Å². The fourth-order valence-corrected chi connectivity index (χ4v) is 3.97. The van der Waals surface area contributed by atoms with E-state index in [4.69, 9.17) is 0 Å². The summed E-state index contributed by atoms with van der Waals surface area (Å²) in [5.74, 6) is 0.332. The van der Waals surface area contributed by atoms with Crippen LogP contribution in [-0.4, -0.2) is 31.6 Å². The highest BCUT2D eigenvalue weighted by molar-refractivity contribution is 5.86. The molecule has 0 radical (unpaired) electrons. The number of nitrogens with zero attached hydrogens (tertiary/aromatic N) is 1. The molecule has 0 bridgehead atoms. The number of nitrogens with one attached hydrogen (secondary N) is 1. The van der Waals surface area contributed by atoms with Crippen molar-refractivity contribution in [3.8, 4) is 0 Å². The van der Waals surface area contributed by atoms with Crippen LogP contribution in [0.25, 0.3) is 5.57 Å². The van der Waals surface area contributed by atoms with Crippen molar-refractivity contribution in [2.45, 2.75) is 25.3 Å². The second-order valence-electron chi connectivity index (χ2n) is 7.23. The van der Waals surface area contributed by atoms with Gasteiger partial charge in [-0.2, -0.15) is 0 Å². The number of likely N-dealkylation sites (N-methyl/N-ethyl adjacent to an activating group) is 1. The van der Waals surface area contributed by atoms with Gasteiger partial charge in [0, 0.05) is 27.0 Å². The third-order valence-corrected chi connectivity index (χ3v) is 5.24. The number of rotatable bonds is 3. The van der Waals surface area contributed by atoms with Gasteiger partial charge in [0.1, 0.15) is 5.82 Å². The van der Waals surface area contributed by atoms with E-state index in [2.05, 4.69) is 55.5 Å². The van der Waals surface area contributed by atoms with Crippen molar-refractivity contribution >= 4 is 11.3 Å². The first kappa shape index (κ1) is 15.4. The lowest BCUT2D eigenvalue weighted by molar-refractivity contribution is 0.371. The molecule has 0 fully saturated rings. The molecule has 2 aromatic rings. The Bertz CT molecular complexity index is 833. The van der Waals surface area contributed by atoms with E-state index < -0.39 is 0 Å². The van der Waals surface area contributed by atoms with Gasteiger partial charge in [-0.1, -0.05) is 25.1 Å². The molecular formula is C21H27FN2. The van der Waals surface area contributed by atoms with Crippen LogP contribution < -0.4 is 5.32 Å². The largest absolute Gasteiger partial charge is 0.380 e. The highest BCUT2D eigenvalue weighted by Crippen LogP contribution is 2.40. The Labute approximate surface area is 146 Å². The van der Waals surface area contributed by atoms with Gasteiger partial charge in [0.05, 0.1) is 0 Å². The molecule has 4 rings (SSSR count). The molecule has 0 spiro atoms. The summed E-state index contributed by atoms with van der Waals surface area (Å²) >= 11 is 0. The number of benzene rings is 2. The van der Waals surface area contributed by atoms with Crippen molar-refractivity contribution in [2.75, 3.05) is 26.0 Å². The first-order chi connectivity index (χ1) is 11.5. The van der Waals surface area contributed by atoms with E-state index in [9.17, 15) is 4.39 Å². The van der Waals surface area contributed by atoms with E-state index in [1.165, 1.54) is 28.0 Å². The Hall–Kier alpha value is -2.13. The van der Waals surface area contributed by atoms with Gasteiger partial charge in [0.15, 0.2) is 0 Å². The maximum absolute atomic E-state index is 13.4. The van der Waals surface area contributed by atoms with E-state index in [0.29, 0.717) is 12.0 Å². The highest BCUT2D eigenvalue weighted by Gasteiger charge is 2.29. The number of allylic oxidation sites excluding steroid dienone is 1. The molecule has 128 valence electrons. The maximum atomic E-state index is 13.4. The van der Waals surface area contributed by atoms with E-state index in [1.807, 2.05) is 6.07 Å². The minimum Gasteiger partial charge on any atom is -0.380 e. The van der Waals surface area contributed by atoms with Gasteiger partial charge in [0.2, 0.25) is 0 Å². The summed E-state index contributed by atoms with van der Waals surface area (Å²) in [4.78, 5) is 2.23. The molecule has 0 amide bonds. The average molecular weight is 326 g/mol. The third kappa shape index (κ3) is 2.53. The summed E-state index contributed by atoms with van der Waals surface area (Å²) in [6.07, 6.45) is 3.03. The molecule has 2 atom stereocenters.